The van der Waals surface area contributed by atoms with Crippen LogP contribution in [-0.4, -0.2) is 33.3 Å². The van der Waals surface area contributed by atoms with E-state index in [0.717, 1.165) is 11.1 Å². The Hall–Kier alpha value is -2.50. The fraction of sp³-hybridized carbons (Fsp3) is 0.286. The van der Waals surface area contributed by atoms with E-state index < -0.39 is 0 Å². The van der Waals surface area contributed by atoms with Gasteiger partial charge in [0.1, 0.15) is 6.61 Å². The molecule has 0 aliphatic rings. The number of hydrogen-bond donors (Lipinski definition) is 1. The summed E-state index contributed by atoms with van der Waals surface area (Å²) in [5.74, 6) is 1.05. The lowest BCUT2D eigenvalue weighted by molar-refractivity contribution is -0.117. The zero-order valence-corrected chi connectivity index (χ0v) is 16.5. The van der Waals surface area contributed by atoms with Crippen LogP contribution in [0.25, 0.3) is 6.08 Å². The van der Waals surface area contributed by atoms with E-state index in [9.17, 15) is 4.79 Å². The maximum atomic E-state index is 12.2. The first-order chi connectivity index (χ1) is 13.0. The molecule has 0 aliphatic heterocycles. The number of rotatable bonds is 9. The Bertz CT molecular complexity index is 792. The third-order valence-electron chi connectivity index (χ3n) is 3.87. The summed E-state index contributed by atoms with van der Waals surface area (Å²) in [6, 6.07) is 12.7. The van der Waals surface area contributed by atoms with Crippen LogP contribution >= 0.6 is 11.6 Å². The van der Waals surface area contributed by atoms with Crippen LogP contribution in [0.4, 0.5) is 0 Å². The van der Waals surface area contributed by atoms with E-state index in [2.05, 4.69) is 5.32 Å². The van der Waals surface area contributed by atoms with Crippen molar-refractivity contribution in [2.75, 3.05) is 27.4 Å². The predicted molar refractivity (Wildman–Crippen MR) is 107 cm³/mol. The fourth-order valence-electron chi connectivity index (χ4n) is 2.43. The minimum atomic E-state index is -0.193. The second kappa shape index (κ2) is 10.6. The Labute approximate surface area is 164 Å². The van der Waals surface area contributed by atoms with Crippen LogP contribution in [0.3, 0.4) is 0 Å². The van der Waals surface area contributed by atoms with Crippen molar-refractivity contribution in [3.8, 4) is 11.5 Å². The number of benzene rings is 2. The molecule has 1 amide bonds. The van der Waals surface area contributed by atoms with Gasteiger partial charge in [0.05, 0.1) is 19.8 Å². The fourth-order valence-corrected chi connectivity index (χ4v) is 2.63. The number of nitrogens with one attached hydrogen (secondary N) is 1. The van der Waals surface area contributed by atoms with Crippen LogP contribution in [0.15, 0.2) is 48.5 Å². The highest BCUT2D eigenvalue weighted by molar-refractivity contribution is 6.30. The molecule has 0 saturated carbocycles. The van der Waals surface area contributed by atoms with Gasteiger partial charge in [0.25, 0.3) is 0 Å². The van der Waals surface area contributed by atoms with Gasteiger partial charge in [0.15, 0.2) is 11.5 Å². The van der Waals surface area contributed by atoms with E-state index in [4.69, 9.17) is 25.8 Å². The van der Waals surface area contributed by atoms with Crippen molar-refractivity contribution >= 4 is 23.6 Å². The van der Waals surface area contributed by atoms with Crippen molar-refractivity contribution in [3.05, 3.63) is 64.7 Å². The Morgan fingerprint density at radius 3 is 2.67 bits per heavy atom. The number of methoxy groups -OCH3 is 2. The van der Waals surface area contributed by atoms with Gasteiger partial charge in [-0.1, -0.05) is 29.8 Å². The SMILES string of the molecule is COCCOc1ccc(C(C)NC(=O)/C=C/c2cccc(Cl)c2)cc1OC. The van der Waals surface area contributed by atoms with Gasteiger partial charge in [-0.25, -0.2) is 0 Å². The molecule has 27 heavy (non-hydrogen) atoms. The van der Waals surface area contributed by atoms with E-state index >= 15 is 0 Å². The number of hydrogen-bond acceptors (Lipinski definition) is 4. The van der Waals surface area contributed by atoms with Crippen LogP contribution in [-0.2, 0) is 9.53 Å². The zero-order chi connectivity index (χ0) is 19.6. The first kappa shape index (κ1) is 20.8. The van der Waals surface area contributed by atoms with Crippen molar-refractivity contribution in [1.82, 2.24) is 5.32 Å². The van der Waals surface area contributed by atoms with Crippen molar-refractivity contribution in [1.29, 1.82) is 0 Å². The molecule has 1 N–H and O–H groups in total. The summed E-state index contributed by atoms with van der Waals surface area (Å²) in [6.45, 7) is 2.84. The van der Waals surface area contributed by atoms with Gasteiger partial charge < -0.3 is 19.5 Å². The van der Waals surface area contributed by atoms with E-state index in [1.54, 1.807) is 32.4 Å². The molecule has 0 aromatic heterocycles. The van der Waals surface area contributed by atoms with E-state index in [1.165, 1.54) is 6.08 Å². The normalized spacial score (nSPS) is 12.0. The van der Waals surface area contributed by atoms with Crippen molar-refractivity contribution < 1.29 is 19.0 Å². The molecule has 144 valence electrons. The molecule has 0 aliphatic carbocycles. The van der Waals surface area contributed by atoms with E-state index in [0.29, 0.717) is 29.7 Å². The minimum absolute atomic E-state index is 0.191. The highest BCUT2D eigenvalue weighted by Crippen LogP contribution is 2.30. The van der Waals surface area contributed by atoms with Crippen molar-refractivity contribution in [2.45, 2.75) is 13.0 Å². The van der Waals surface area contributed by atoms with E-state index in [-0.39, 0.29) is 11.9 Å². The second-order valence-electron chi connectivity index (χ2n) is 5.87. The lowest BCUT2D eigenvalue weighted by Gasteiger charge is -2.16. The first-order valence-electron chi connectivity index (χ1n) is 8.57. The van der Waals surface area contributed by atoms with Gasteiger partial charge in [0, 0.05) is 18.2 Å². The maximum Gasteiger partial charge on any atom is 0.244 e. The Morgan fingerprint density at radius 1 is 1.15 bits per heavy atom. The molecule has 0 fully saturated rings. The number of carbonyl (C=O) groups is 1. The molecule has 0 spiro atoms. The van der Waals surface area contributed by atoms with Gasteiger partial charge in [-0.2, -0.15) is 0 Å². The summed E-state index contributed by atoms with van der Waals surface area (Å²) >= 11 is 5.94. The molecule has 2 rings (SSSR count). The number of ether oxygens (including phenoxy) is 3. The average Bonchev–Trinajstić information content (AvgIpc) is 2.66. The Morgan fingerprint density at radius 2 is 1.96 bits per heavy atom. The Kier molecular flexibility index (Phi) is 8.17. The molecule has 0 radical (unpaired) electrons. The molecular formula is C21H24ClNO4. The maximum absolute atomic E-state index is 12.2. The summed E-state index contributed by atoms with van der Waals surface area (Å²) in [5, 5.41) is 3.56. The smallest absolute Gasteiger partial charge is 0.244 e. The highest BCUT2D eigenvalue weighted by atomic mass is 35.5. The Balaban J connectivity index is 1.99. The number of amides is 1. The second-order valence-corrected chi connectivity index (χ2v) is 6.31. The standard InChI is InChI=1S/C21H24ClNO4/c1-15(23-21(24)10-7-16-5-4-6-18(22)13-16)17-8-9-19(20(14-17)26-3)27-12-11-25-2/h4-10,13-15H,11-12H2,1-3H3,(H,23,24)/b10-7+. The van der Waals surface area contributed by atoms with Gasteiger partial charge in [-0.05, 0) is 48.4 Å². The van der Waals surface area contributed by atoms with Crippen LogP contribution < -0.4 is 14.8 Å². The first-order valence-corrected chi connectivity index (χ1v) is 8.95. The molecular weight excluding hydrogens is 366 g/mol. The van der Waals surface area contributed by atoms with Crippen LogP contribution in [0, 0.1) is 0 Å². The summed E-state index contributed by atoms with van der Waals surface area (Å²) < 4.78 is 16.0. The molecule has 5 nitrogen and oxygen atoms in total. The monoisotopic (exact) mass is 389 g/mol. The molecule has 0 saturated heterocycles. The summed E-state index contributed by atoms with van der Waals surface area (Å²) in [7, 11) is 3.20. The van der Waals surface area contributed by atoms with Gasteiger partial charge in [0.2, 0.25) is 5.91 Å². The quantitative estimate of drug-likeness (QED) is 0.514. The number of halogens is 1. The van der Waals surface area contributed by atoms with Crippen molar-refractivity contribution in [3.63, 3.8) is 0 Å². The zero-order valence-electron chi connectivity index (χ0n) is 15.7. The summed E-state index contributed by atoms with van der Waals surface area (Å²) in [6.07, 6.45) is 3.21. The largest absolute Gasteiger partial charge is 0.493 e. The summed E-state index contributed by atoms with van der Waals surface area (Å²) in [5.41, 5.74) is 1.78. The average molecular weight is 390 g/mol. The van der Waals surface area contributed by atoms with Crippen LogP contribution in [0.2, 0.25) is 5.02 Å². The molecule has 2 aromatic rings. The molecule has 2 aromatic carbocycles. The predicted octanol–water partition coefficient (Wildman–Crippen LogP) is 4.26. The van der Waals surface area contributed by atoms with Gasteiger partial charge in [-0.3, -0.25) is 4.79 Å². The van der Waals surface area contributed by atoms with Crippen molar-refractivity contribution in [2.24, 2.45) is 0 Å². The molecule has 6 heteroatoms. The third-order valence-corrected chi connectivity index (χ3v) is 4.10. The third kappa shape index (κ3) is 6.62. The van der Waals surface area contributed by atoms with Gasteiger partial charge >= 0.3 is 0 Å². The molecule has 0 heterocycles. The lowest BCUT2D eigenvalue weighted by Crippen LogP contribution is -2.24. The van der Waals surface area contributed by atoms with Gasteiger partial charge in [-0.15, -0.1) is 0 Å². The van der Waals surface area contributed by atoms with Crippen LogP contribution in [0.1, 0.15) is 24.1 Å². The molecule has 1 atom stereocenters. The lowest BCUT2D eigenvalue weighted by atomic mass is 10.1. The minimum Gasteiger partial charge on any atom is -0.493 e. The molecule has 0 bridgehead atoms. The highest BCUT2D eigenvalue weighted by Gasteiger charge is 2.12. The van der Waals surface area contributed by atoms with Crippen LogP contribution in [0.5, 0.6) is 11.5 Å². The topological polar surface area (TPSA) is 56.8 Å². The molecule has 1 unspecified atom stereocenters. The van der Waals surface area contributed by atoms with E-state index in [1.807, 2.05) is 37.3 Å². The summed E-state index contributed by atoms with van der Waals surface area (Å²) in [4.78, 5) is 12.2. The number of carbonyl (C=O) groups excluding carboxylic acids is 1.